The molecule has 0 saturated carbocycles. The molecule has 2 aromatic carbocycles. The molecule has 0 atom stereocenters. The summed E-state index contributed by atoms with van der Waals surface area (Å²) < 4.78 is 25.8. The van der Waals surface area contributed by atoms with Gasteiger partial charge in [-0.1, -0.05) is 12.1 Å². The molecule has 7 heteroatoms. The number of ether oxygens (including phenoxy) is 2. The van der Waals surface area contributed by atoms with E-state index >= 15 is 0 Å². The molecule has 3 rings (SSSR count). The lowest BCUT2D eigenvalue weighted by Crippen LogP contribution is -2.07. The van der Waals surface area contributed by atoms with Crippen LogP contribution >= 0.6 is 0 Å². The third-order valence-corrected chi connectivity index (χ3v) is 3.98. The highest BCUT2D eigenvalue weighted by Crippen LogP contribution is 2.35. The van der Waals surface area contributed by atoms with Crippen molar-refractivity contribution in [2.45, 2.75) is 6.42 Å². The lowest BCUT2D eigenvalue weighted by molar-refractivity contribution is 0.0596. The average Bonchev–Trinajstić information content (AvgIpc) is 3.19. The molecule has 0 aliphatic carbocycles. The highest BCUT2D eigenvalue weighted by molar-refractivity contribution is 5.93. The fraction of sp³-hybridized carbons (Fsp3) is 0.158. The molecule has 0 bridgehead atoms. The number of benzene rings is 2. The summed E-state index contributed by atoms with van der Waals surface area (Å²) in [6.45, 7) is 0. The number of hydrogen-bond acceptors (Lipinski definition) is 5. The zero-order chi connectivity index (χ0) is 18.7. The number of esters is 1. The summed E-state index contributed by atoms with van der Waals surface area (Å²) in [4.78, 5) is 11.8. The van der Waals surface area contributed by atoms with Gasteiger partial charge < -0.3 is 14.6 Å². The highest BCUT2D eigenvalue weighted by Gasteiger charge is 2.23. The third-order valence-electron chi connectivity index (χ3n) is 3.98. The Morgan fingerprint density at radius 3 is 2.58 bits per heavy atom. The van der Waals surface area contributed by atoms with E-state index in [0.717, 1.165) is 18.4 Å². The van der Waals surface area contributed by atoms with Crippen molar-refractivity contribution in [2.75, 3.05) is 14.2 Å². The first kappa shape index (κ1) is 17.5. The second kappa shape index (κ2) is 7.26. The molecule has 6 nitrogen and oxygen atoms in total. The van der Waals surface area contributed by atoms with Crippen LogP contribution in [0.4, 0.5) is 4.39 Å². The van der Waals surface area contributed by atoms with Gasteiger partial charge in [0.05, 0.1) is 19.9 Å². The van der Waals surface area contributed by atoms with Crippen LogP contribution in [0.25, 0.3) is 5.69 Å². The number of carbonyl (C=O) groups excluding carboxylic acids is 1. The quantitative estimate of drug-likeness (QED) is 0.711. The van der Waals surface area contributed by atoms with E-state index in [-0.39, 0.29) is 11.3 Å². The van der Waals surface area contributed by atoms with Gasteiger partial charge in [-0.05, 0) is 29.8 Å². The molecule has 134 valence electrons. The number of methoxy groups -OCH3 is 2. The molecule has 0 aliphatic heterocycles. The van der Waals surface area contributed by atoms with E-state index in [1.807, 2.05) is 36.5 Å². The van der Waals surface area contributed by atoms with Crippen LogP contribution in [-0.2, 0) is 11.2 Å². The molecule has 0 unspecified atom stereocenters. The maximum Gasteiger partial charge on any atom is 0.341 e. The number of phenols is 1. The lowest BCUT2D eigenvalue weighted by Gasteiger charge is -2.14. The number of rotatable bonds is 5. The first-order chi connectivity index (χ1) is 12.5. The molecule has 0 amide bonds. The Hall–Kier alpha value is -3.35. The predicted octanol–water partition coefficient (Wildman–Crippen LogP) is 3.10. The molecule has 26 heavy (non-hydrogen) atoms. The minimum absolute atomic E-state index is 0.105. The Labute approximate surface area is 149 Å². The van der Waals surface area contributed by atoms with E-state index in [2.05, 4.69) is 9.84 Å². The number of phenolic OH excluding ortho intramolecular Hbond substituents is 1. The topological polar surface area (TPSA) is 73.6 Å². The summed E-state index contributed by atoms with van der Waals surface area (Å²) in [6.07, 6.45) is 3.83. The predicted molar refractivity (Wildman–Crippen MR) is 92.3 cm³/mol. The van der Waals surface area contributed by atoms with Crippen molar-refractivity contribution in [3.05, 3.63) is 71.3 Å². The van der Waals surface area contributed by atoms with Crippen LogP contribution in [0, 0.1) is 5.82 Å². The van der Waals surface area contributed by atoms with Crippen LogP contribution in [0.2, 0.25) is 0 Å². The molecule has 0 saturated heterocycles. The summed E-state index contributed by atoms with van der Waals surface area (Å²) >= 11 is 0. The smallest absolute Gasteiger partial charge is 0.341 e. The van der Waals surface area contributed by atoms with Crippen molar-refractivity contribution in [3.63, 3.8) is 0 Å². The first-order valence-electron chi connectivity index (χ1n) is 7.80. The van der Waals surface area contributed by atoms with Crippen molar-refractivity contribution in [2.24, 2.45) is 0 Å². The Morgan fingerprint density at radius 2 is 2.00 bits per heavy atom. The molecule has 3 aromatic rings. The SMILES string of the molecule is COC(=O)c1cc(Cc2ccc(-n3cccn3)cc2)c(OC)c(F)c1O. The van der Waals surface area contributed by atoms with E-state index in [1.54, 1.807) is 10.9 Å². The minimum atomic E-state index is -0.987. The number of carbonyl (C=O) groups is 1. The van der Waals surface area contributed by atoms with Gasteiger partial charge in [0, 0.05) is 24.4 Å². The summed E-state index contributed by atoms with van der Waals surface area (Å²) in [5.41, 5.74) is 1.95. The van der Waals surface area contributed by atoms with Crippen LogP contribution in [0.5, 0.6) is 11.5 Å². The molecule has 1 aromatic heterocycles. The maximum absolute atomic E-state index is 14.4. The van der Waals surface area contributed by atoms with Gasteiger partial charge in [-0.2, -0.15) is 9.49 Å². The second-order valence-electron chi connectivity index (χ2n) is 5.56. The van der Waals surface area contributed by atoms with Crippen LogP contribution < -0.4 is 4.74 Å². The summed E-state index contributed by atoms with van der Waals surface area (Å²) in [5, 5.41) is 14.0. The Balaban J connectivity index is 1.96. The summed E-state index contributed by atoms with van der Waals surface area (Å²) in [5.74, 6) is -2.70. The maximum atomic E-state index is 14.4. The van der Waals surface area contributed by atoms with Crippen LogP contribution in [-0.4, -0.2) is 35.1 Å². The molecule has 0 spiro atoms. The van der Waals surface area contributed by atoms with E-state index in [1.165, 1.54) is 13.2 Å². The van der Waals surface area contributed by atoms with E-state index < -0.39 is 17.5 Å². The largest absolute Gasteiger partial charge is 0.504 e. The number of aromatic hydroxyl groups is 1. The van der Waals surface area contributed by atoms with Gasteiger partial charge in [-0.25, -0.2) is 9.48 Å². The standard InChI is InChI=1S/C19H17FN2O4/c1-25-18-13(11-15(19(24)26-2)17(23)16(18)20)10-12-4-6-14(7-5-12)22-9-3-8-21-22/h3-9,11,23H,10H2,1-2H3. The zero-order valence-electron chi connectivity index (χ0n) is 14.3. The van der Waals surface area contributed by atoms with Gasteiger partial charge >= 0.3 is 5.97 Å². The Bertz CT molecular complexity index is 922. The van der Waals surface area contributed by atoms with Gasteiger partial charge in [0.1, 0.15) is 5.56 Å². The summed E-state index contributed by atoms with van der Waals surface area (Å²) in [7, 11) is 2.47. The number of hydrogen-bond donors (Lipinski definition) is 1. The Kier molecular flexibility index (Phi) is 4.88. The second-order valence-corrected chi connectivity index (χ2v) is 5.56. The van der Waals surface area contributed by atoms with Crippen LogP contribution in [0.1, 0.15) is 21.5 Å². The van der Waals surface area contributed by atoms with Crippen molar-refractivity contribution < 1.29 is 23.8 Å². The zero-order valence-corrected chi connectivity index (χ0v) is 14.3. The van der Waals surface area contributed by atoms with Crippen molar-refractivity contribution in [1.82, 2.24) is 9.78 Å². The van der Waals surface area contributed by atoms with Gasteiger partial charge in [0.2, 0.25) is 5.82 Å². The average molecular weight is 356 g/mol. The number of nitrogens with zero attached hydrogens (tertiary/aromatic N) is 2. The molecular formula is C19H17FN2O4. The van der Waals surface area contributed by atoms with Crippen molar-refractivity contribution in [3.8, 4) is 17.2 Å². The lowest BCUT2D eigenvalue weighted by atomic mass is 10.00. The third kappa shape index (κ3) is 3.23. The van der Waals surface area contributed by atoms with E-state index in [0.29, 0.717) is 12.0 Å². The fourth-order valence-corrected chi connectivity index (χ4v) is 2.70. The monoisotopic (exact) mass is 356 g/mol. The van der Waals surface area contributed by atoms with Crippen LogP contribution in [0.3, 0.4) is 0 Å². The molecular weight excluding hydrogens is 339 g/mol. The van der Waals surface area contributed by atoms with Crippen molar-refractivity contribution in [1.29, 1.82) is 0 Å². The van der Waals surface area contributed by atoms with Crippen molar-refractivity contribution >= 4 is 5.97 Å². The van der Waals surface area contributed by atoms with Gasteiger partial charge in [-0.15, -0.1) is 0 Å². The molecule has 0 aliphatic rings. The Morgan fingerprint density at radius 1 is 1.27 bits per heavy atom. The van der Waals surface area contributed by atoms with E-state index in [4.69, 9.17) is 4.74 Å². The molecule has 0 radical (unpaired) electrons. The number of halogens is 1. The highest BCUT2D eigenvalue weighted by atomic mass is 19.1. The number of aromatic nitrogens is 2. The molecule has 1 N–H and O–H groups in total. The van der Waals surface area contributed by atoms with Gasteiger partial charge in [-0.3, -0.25) is 0 Å². The summed E-state index contributed by atoms with van der Waals surface area (Å²) in [6, 6.07) is 10.7. The van der Waals surface area contributed by atoms with Crippen LogP contribution in [0.15, 0.2) is 48.8 Å². The van der Waals surface area contributed by atoms with Gasteiger partial charge in [0.25, 0.3) is 0 Å². The molecule has 0 fully saturated rings. The van der Waals surface area contributed by atoms with E-state index in [9.17, 15) is 14.3 Å². The normalized spacial score (nSPS) is 10.6. The van der Waals surface area contributed by atoms with Gasteiger partial charge in [0.15, 0.2) is 11.5 Å². The fourth-order valence-electron chi connectivity index (χ4n) is 2.70. The molecule has 1 heterocycles. The minimum Gasteiger partial charge on any atom is -0.504 e. The first-order valence-corrected chi connectivity index (χ1v) is 7.80.